The SMILES string of the molecule is CC(C)N1Cc2ccc(C3(N)CCCC3)cc2C1=O. The van der Waals surface area contributed by atoms with Gasteiger partial charge in [0.05, 0.1) is 0 Å². The minimum atomic E-state index is -0.208. The van der Waals surface area contributed by atoms with Crippen molar-refractivity contribution in [2.45, 2.75) is 57.7 Å². The molecule has 1 aliphatic heterocycles. The lowest BCUT2D eigenvalue weighted by atomic mass is 9.87. The van der Waals surface area contributed by atoms with Crippen molar-refractivity contribution < 1.29 is 4.79 Å². The highest BCUT2D eigenvalue weighted by molar-refractivity contribution is 5.98. The average molecular weight is 258 g/mol. The molecular formula is C16H22N2O. The summed E-state index contributed by atoms with van der Waals surface area (Å²) >= 11 is 0. The molecule has 1 aromatic rings. The molecule has 1 aliphatic carbocycles. The minimum Gasteiger partial charge on any atom is -0.332 e. The van der Waals surface area contributed by atoms with Gasteiger partial charge in [-0.2, -0.15) is 0 Å². The predicted molar refractivity (Wildman–Crippen MR) is 75.8 cm³/mol. The van der Waals surface area contributed by atoms with Crippen LogP contribution in [0.3, 0.4) is 0 Å². The van der Waals surface area contributed by atoms with E-state index in [1.165, 1.54) is 12.8 Å². The number of fused-ring (bicyclic) bond motifs is 1. The van der Waals surface area contributed by atoms with Crippen LogP contribution in [0.4, 0.5) is 0 Å². The van der Waals surface area contributed by atoms with Crippen molar-refractivity contribution in [2.75, 3.05) is 0 Å². The largest absolute Gasteiger partial charge is 0.332 e. The number of nitrogens with two attached hydrogens (primary N) is 1. The lowest BCUT2D eigenvalue weighted by Crippen LogP contribution is -2.33. The fraction of sp³-hybridized carbons (Fsp3) is 0.562. The average Bonchev–Trinajstić information content (AvgIpc) is 2.95. The van der Waals surface area contributed by atoms with Gasteiger partial charge in [-0.05, 0) is 43.9 Å². The van der Waals surface area contributed by atoms with Crippen LogP contribution < -0.4 is 5.73 Å². The van der Waals surface area contributed by atoms with Crippen molar-refractivity contribution in [2.24, 2.45) is 5.73 Å². The van der Waals surface area contributed by atoms with E-state index in [-0.39, 0.29) is 17.5 Å². The summed E-state index contributed by atoms with van der Waals surface area (Å²) in [4.78, 5) is 14.3. The highest BCUT2D eigenvalue weighted by Gasteiger charge is 2.34. The molecule has 102 valence electrons. The van der Waals surface area contributed by atoms with Crippen molar-refractivity contribution >= 4 is 5.91 Å². The molecule has 1 amide bonds. The van der Waals surface area contributed by atoms with Crippen molar-refractivity contribution in [3.63, 3.8) is 0 Å². The number of benzene rings is 1. The van der Waals surface area contributed by atoms with E-state index in [9.17, 15) is 4.79 Å². The second-order valence-electron chi connectivity index (χ2n) is 6.26. The van der Waals surface area contributed by atoms with Crippen molar-refractivity contribution in [3.8, 4) is 0 Å². The molecule has 0 unspecified atom stereocenters. The normalized spacial score (nSPS) is 21.3. The summed E-state index contributed by atoms with van der Waals surface area (Å²) in [5, 5.41) is 0. The third-order valence-corrected chi connectivity index (χ3v) is 4.64. The first-order chi connectivity index (χ1) is 9.01. The number of hydrogen-bond donors (Lipinski definition) is 1. The molecule has 1 heterocycles. The number of nitrogens with zero attached hydrogens (tertiary/aromatic N) is 1. The van der Waals surface area contributed by atoms with Crippen molar-refractivity contribution in [1.29, 1.82) is 0 Å². The van der Waals surface area contributed by atoms with Crippen molar-refractivity contribution in [1.82, 2.24) is 4.90 Å². The van der Waals surface area contributed by atoms with Crippen LogP contribution in [0.25, 0.3) is 0 Å². The Morgan fingerprint density at radius 1 is 1.26 bits per heavy atom. The van der Waals surface area contributed by atoms with Gasteiger partial charge in [0, 0.05) is 23.7 Å². The molecule has 1 aromatic carbocycles. The standard InChI is InChI=1S/C16H22N2O/c1-11(2)18-10-12-5-6-13(9-14(12)15(18)19)16(17)7-3-4-8-16/h5-6,9,11H,3-4,7-8,10,17H2,1-2H3. The van der Waals surface area contributed by atoms with Crippen molar-refractivity contribution in [3.05, 3.63) is 34.9 Å². The molecule has 1 saturated carbocycles. The van der Waals surface area contributed by atoms with Gasteiger partial charge in [0.2, 0.25) is 0 Å². The van der Waals surface area contributed by atoms with Gasteiger partial charge in [0.25, 0.3) is 5.91 Å². The van der Waals surface area contributed by atoms with E-state index in [4.69, 9.17) is 5.73 Å². The molecule has 3 rings (SSSR count). The Hall–Kier alpha value is -1.35. The molecular weight excluding hydrogens is 236 g/mol. The zero-order valence-corrected chi connectivity index (χ0v) is 11.8. The molecule has 0 aromatic heterocycles. The number of amides is 1. The Labute approximate surface area is 114 Å². The van der Waals surface area contributed by atoms with E-state index in [0.717, 1.165) is 36.1 Å². The molecule has 19 heavy (non-hydrogen) atoms. The molecule has 0 atom stereocenters. The van der Waals surface area contributed by atoms with Gasteiger partial charge in [-0.1, -0.05) is 25.0 Å². The third-order valence-electron chi connectivity index (χ3n) is 4.64. The summed E-state index contributed by atoms with van der Waals surface area (Å²) in [7, 11) is 0. The number of rotatable bonds is 2. The molecule has 3 heteroatoms. The molecule has 2 aliphatic rings. The van der Waals surface area contributed by atoms with E-state index in [1.54, 1.807) is 0 Å². The van der Waals surface area contributed by atoms with Gasteiger partial charge < -0.3 is 10.6 Å². The maximum Gasteiger partial charge on any atom is 0.254 e. The van der Waals surface area contributed by atoms with Gasteiger partial charge in [-0.25, -0.2) is 0 Å². The molecule has 0 saturated heterocycles. The van der Waals surface area contributed by atoms with E-state index >= 15 is 0 Å². The van der Waals surface area contributed by atoms with Crippen LogP contribution >= 0.6 is 0 Å². The van der Waals surface area contributed by atoms with Crippen LogP contribution in [0.15, 0.2) is 18.2 Å². The summed E-state index contributed by atoms with van der Waals surface area (Å²) in [6, 6.07) is 6.52. The van der Waals surface area contributed by atoms with Crippen LogP contribution in [0.2, 0.25) is 0 Å². The second kappa shape index (κ2) is 4.34. The van der Waals surface area contributed by atoms with Crippen LogP contribution in [-0.4, -0.2) is 16.8 Å². The molecule has 2 N–H and O–H groups in total. The molecule has 1 fully saturated rings. The lowest BCUT2D eigenvalue weighted by molar-refractivity contribution is 0.0730. The summed E-state index contributed by atoms with van der Waals surface area (Å²) in [5.41, 5.74) is 9.43. The quantitative estimate of drug-likeness (QED) is 0.886. The summed E-state index contributed by atoms with van der Waals surface area (Å²) in [6.07, 6.45) is 4.46. The highest BCUT2D eigenvalue weighted by atomic mass is 16.2. The fourth-order valence-electron chi connectivity index (χ4n) is 3.34. The first kappa shape index (κ1) is 12.7. The number of carbonyl (C=O) groups excluding carboxylic acids is 1. The minimum absolute atomic E-state index is 0.161. The van der Waals surface area contributed by atoms with Crippen LogP contribution in [0, 0.1) is 0 Å². The van der Waals surface area contributed by atoms with Gasteiger partial charge in [-0.15, -0.1) is 0 Å². The predicted octanol–water partition coefficient (Wildman–Crippen LogP) is 2.78. The maximum absolute atomic E-state index is 12.4. The van der Waals surface area contributed by atoms with E-state index in [2.05, 4.69) is 26.0 Å². The van der Waals surface area contributed by atoms with E-state index in [1.807, 2.05) is 11.0 Å². The highest BCUT2D eigenvalue weighted by Crippen LogP contribution is 2.38. The molecule has 3 nitrogen and oxygen atoms in total. The summed E-state index contributed by atoms with van der Waals surface area (Å²) < 4.78 is 0. The molecule has 0 bridgehead atoms. The fourth-order valence-corrected chi connectivity index (χ4v) is 3.34. The Kier molecular flexibility index (Phi) is 2.90. The van der Waals surface area contributed by atoms with Crippen LogP contribution in [0.1, 0.15) is 61.0 Å². The number of carbonyl (C=O) groups is 1. The molecule has 0 radical (unpaired) electrons. The smallest absolute Gasteiger partial charge is 0.254 e. The Morgan fingerprint density at radius 2 is 1.95 bits per heavy atom. The van der Waals surface area contributed by atoms with Gasteiger partial charge in [-0.3, -0.25) is 4.79 Å². The topological polar surface area (TPSA) is 46.3 Å². The zero-order valence-electron chi connectivity index (χ0n) is 11.8. The number of hydrogen-bond acceptors (Lipinski definition) is 2. The Balaban J connectivity index is 1.96. The van der Waals surface area contributed by atoms with E-state index < -0.39 is 0 Å². The Morgan fingerprint density at radius 3 is 2.58 bits per heavy atom. The summed E-state index contributed by atoms with van der Waals surface area (Å²) in [6.45, 7) is 4.86. The Bertz CT molecular complexity index is 515. The zero-order chi connectivity index (χ0) is 13.6. The van der Waals surface area contributed by atoms with Crippen LogP contribution in [-0.2, 0) is 12.1 Å². The van der Waals surface area contributed by atoms with Crippen LogP contribution in [0.5, 0.6) is 0 Å². The van der Waals surface area contributed by atoms with Gasteiger partial charge in [0.1, 0.15) is 0 Å². The first-order valence-electron chi connectivity index (χ1n) is 7.24. The van der Waals surface area contributed by atoms with E-state index in [0.29, 0.717) is 0 Å². The molecule has 0 spiro atoms. The lowest BCUT2D eigenvalue weighted by Gasteiger charge is -2.24. The van der Waals surface area contributed by atoms with Gasteiger partial charge >= 0.3 is 0 Å². The summed E-state index contributed by atoms with van der Waals surface area (Å²) in [5.74, 6) is 0.161. The maximum atomic E-state index is 12.4. The first-order valence-corrected chi connectivity index (χ1v) is 7.24. The monoisotopic (exact) mass is 258 g/mol. The second-order valence-corrected chi connectivity index (χ2v) is 6.26. The van der Waals surface area contributed by atoms with Gasteiger partial charge in [0.15, 0.2) is 0 Å². The third kappa shape index (κ3) is 1.96.